The molecule has 1 aromatic carbocycles. The van der Waals surface area contributed by atoms with Gasteiger partial charge in [-0.05, 0) is 43.3 Å². The van der Waals surface area contributed by atoms with E-state index in [-0.39, 0.29) is 11.7 Å². The van der Waals surface area contributed by atoms with E-state index < -0.39 is 0 Å². The lowest BCUT2D eigenvalue weighted by Crippen LogP contribution is -2.35. The summed E-state index contributed by atoms with van der Waals surface area (Å²) >= 11 is 0. The van der Waals surface area contributed by atoms with Gasteiger partial charge in [0, 0.05) is 18.0 Å². The van der Waals surface area contributed by atoms with Crippen molar-refractivity contribution in [2.75, 3.05) is 19.6 Å². The Balaban J connectivity index is 1.93. The van der Waals surface area contributed by atoms with Crippen LogP contribution in [0, 0.1) is 11.8 Å². The van der Waals surface area contributed by atoms with Crippen molar-refractivity contribution in [1.29, 1.82) is 0 Å². The smallest absolute Gasteiger partial charge is 0.165 e. The van der Waals surface area contributed by atoms with Gasteiger partial charge in [0.25, 0.3) is 0 Å². The molecule has 1 aromatic rings. The predicted octanol–water partition coefficient (Wildman–Crippen LogP) is 4.36. The molecule has 116 valence electrons. The Hall–Kier alpha value is -1.15. The summed E-state index contributed by atoms with van der Waals surface area (Å²) in [7, 11) is 0. The Bertz CT molecular complexity index is 453. The molecule has 2 heteroatoms. The topological polar surface area (TPSA) is 20.3 Å². The van der Waals surface area contributed by atoms with Crippen molar-refractivity contribution in [3.8, 4) is 0 Å². The van der Waals surface area contributed by atoms with Crippen molar-refractivity contribution in [2.45, 2.75) is 46.5 Å². The van der Waals surface area contributed by atoms with Gasteiger partial charge in [0.15, 0.2) is 5.78 Å². The molecule has 0 amide bonds. The highest BCUT2D eigenvalue weighted by atomic mass is 16.1. The number of hydrogen-bond donors (Lipinski definition) is 0. The minimum atomic E-state index is 0.0788. The summed E-state index contributed by atoms with van der Waals surface area (Å²) in [6.07, 6.45) is 2.48. The van der Waals surface area contributed by atoms with Gasteiger partial charge in [0.05, 0.1) is 0 Å². The Kier molecular flexibility index (Phi) is 5.58. The molecule has 0 bridgehead atoms. The third-order valence-electron chi connectivity index (χ3n) is 4.40. The van der Waals surface area contributed by atoms with Crippen LogP contribution < -0.4 is 0 Å². The average Bonchev–Trinajstić information content (AvgIpc) is 2.47. The number of hydrogen-bond acceptors (Lipinski definition) is 2. The molecule has 1 fully saturated rings. The summed E-state index contributed by atoms with van der Waals surface area (Å²) in [4.78, 5) is 14.6. The highest BCUT2D eigenvalue weighted by Gasteiger charge is 2.21. The van der Waals surface area contributed by atoms with Gasteiger partial charge in [-0.2, -0.15) is 0 Å². The molecule has 0 saturated carbocycles. The second kappa shape index (κ2) is 7.22. The molecule has 21 heavy (non-hydrogen) atoms. The minimum absolute atomic E-state index is 0.0788. The van der Waals surface area contributed by atoms with Crippen LogP contribution in [0.15, 0.2) is 24.3 Å². The molecule has 2 rings (SSSR count). The number of Topliss-reactive ketones (excluding diaryl/α,β-unsaturated/α-hetero) is 1. The zero-order chi connectivity index (χ0) is 15.4. The van der Waals surface area contributed by atoms with Crippen LogP contribution in [0.2, 0.25) is 0 Å². The molecule has 1 heterocycles. The number of nitrogens with zero attached hydrogens (tertiary/aromatic N) is 1. The third kappa shape index (κ3) is 4.41. The maximum atomic E-state index is 12.0. The number of piperidine rings is 1. The highest BCUT2D eigenvalue weighted by Crippen LogP contribution is 2.28. The second-order valence-electron chi connectivity index (χ2n) is 7.11. The molecule has 2 nitrogen and oxygen atoms in total. The third-order valence-corrected chi connectivity index (χ3v) is 4.40. The fraction of sp³-hybridized carbons (Fsp3) is 0.632. The summed E-state index contributed by atoms with van der Waals surface area (Å²) in [5.74, 6) is 1.74. The Morgan fingerprint density at radius 2 is 1.67 bits per heavy atom. The van der Waals surface area contributed by atoms with Crippen molar-refractivity contribution in [1.82, 2.24) is 4.90 Å². The van der Waals surface area contributed by atoms with Crippen molar-refractivity contribution >= 4 is 5.78 Å². The molecule has 1 saturated heterocycles. The van der Waals surface area contributed by atoms with E-state index in [1.165, 1.54) is 38.0 Å². The molecule has 0 aliphatic carbocycles. The first-order chi connectivity index (χ1) is 9.97. The van der Waals surface area contributed by atoms with Gasteiger partial charge in [-0.3, -0.25) is 4.79 Å². The largest absolute Gasteiger partial charge is 0.303 e. The van der Waals surface area contributed by atoms with E-state index in [1.54, 1.807) is 0 Å². The number of carbonyl (C=O) groups excluding carboxylic acids is 1. The zero-order valence-electron chi connectivity index (χ0n) is 13.9. The summed E-state index contributed by atoms with van der Waals surface area (Å²) in [6.45, 7) is 12.1. The summed E-state index contributed by atoms with van der Waals surface area (Å²) in [6, 6.07) is 8.35. The van der Waals surface area contributed by atoms with E-state index in [4.69, 9.17) is 0 Å². The molecule has 0 spiro atoms. The van der Waals surface area contributed by atoms with Crippen LogP contribution in [0.5, 0.6) is 0 Å². The Labute approximate surface area is 129 Å². The van der Waals surface area contributed by atoms with Crippen LogP contribution >= 0.6 is 0 Å². The number of likely N-dealkylation sites (tertiary alicyclic amines) is 1. The first-order valence-corrected chi connectivity index (χ1v) is 8.34. The van der Waals surface area contributed by atoms with Gasteiger partial charge in [0.2, 0.25) is 0 Å². The van der Waals surface area contributed by atoms with Crippen LogP contribution in [0.25, 0.3) is 0 Å². The molecule has 0 atom stereocenters. The Morgan fingerprint density at radius 3 is 2.14 bits per heavy atom. The molecule has 1 aliphatic heterocycles. The van der Waals surface area contributed by atoms with Gasteiger partial charge in [-0.1, -0.05) is 52.0 Å². The molecular weight excluding hydrogens is 258 g/mol. The molecule has 0 aromatic heterocycles. The number of benzene rings is 1. The van der Waals surface area contributed by atoms with E-state index in [9.17, 15) is 4.79 Å². The SMILES string of the molecule is CC(C)CN1CCC(c2ccc(C(=O)C(C)C)cc2)CC1. The van der Waals surface area contributed by atoms with Crippen molar-refractivity contribution in [2.24, 2.45) is 11.8 Å². The number of rotatable bonds is 5. The maximum absolute atomic E-state index is 12.0. The lowest BCUT2D eigenvalue weighted by Gasteiger charge is -2.33. The lowest BCUT2D eigenvalue weighted by atomic mass is 9.88. The van der Waals surface area contributed by atoms with Crippen LogP contribution in [0.1, 0.15) is 62.4 Å². The van der Waals surface area contributed by atoms with Crippen LogP contribution in [0.3, 0.4) is 0 Å². The van der Waals surface area contributed by atoms with E-state index in [0.717, 1.165) is 11.5 Å². The van der Waals surface area contributed by atoms with Crippen molar-refractivity contribution in [3.05, 3.63) is 35.4 Å². The van der Waals surface area contributed by atoms with E-state index in [2.05, 4.69) is 30.9 Å². The lowest BCUT2D eigenvalue weighted by molar-refractivity contribution is 0.0939. The molecule has 0 N–H and O–H groups in total. The predicted molar refractivity (Wildman–Crippen MR) is 88.9 cm³/mol. The standard InChI is InChI=1S/C19H29NO/c1-14(2)13-20-11-9-17(10-12-20)16-5-7-18(8-6-16)19(21)15(3)4/h5-8,14-15,17H,9-13H2,1-4H3. The first kappa shape index (κ1) is 16.2. The number of carbonyl (C=O) groups is 1. The molecule has 0 radical (unpaired) electrons. The fourth-order valence-electron chi connectivity index (χ4n) is 3.22. The average molecular weight is 287 g/mol. The maximum Gasteiger partial charge on any atom is 0.165 e. The van der Waals surface area contributed by atoms with E-state index >= 15 is 0 Å². The van der Waals surface area contributed by atoms with E-state index in [0.29, 0.717) is 5.92 Å². The molecular formula is C19H29NO. The quantitative estimate of drug-likeness (QED) is 0.750. The number of ketones is 1. The summed E-state index contributed by atoms with van der Waals surface area (Å²) in [5, 5.41) is 0. The van der Waals surface area contributed by atoms with E-state index in [1.807, 2.05) is 26.0 Å². The summed E-state index contributed by atoms with van der Waals surface area (Å²) in [5.41, 5.74) is 2.26. The normalized spacial score (nSPS) is 17.6. The molecule has 0 unspecified atom stereocenters. The van der Waals surface area contributed by atoms with Gasteiger partial charge in [0.1, 0.15) is 0 Å². The monoisotopic (exact) mass is 287 g/mol. The molecule has 1 aliphatic rings. The summed E-state index contributed by atoms with van der Waals surface area (Å²) < 4.78 is 0. The van der Waals surface area contributed by atoms with Crippen LogP contribution in [0.4, 0.5) is 0 Å². The zero-order valence-corrected chi connectivity index (χ0v) is 13.9. The van der Waals surface area contributed by atoms with Gasteiger partial charge >= 0.3 is 0 Å². The van der Waals surface area contributed by atoms with Gasteiger partial charge in [-0.25, -0.2) is 0 Å². The first-order valence-electron chi connectivity index (χ1n) is 8.34. The minimum Gasteiger partial charge on any atom is -0.303 e. The van der Waals surface area contributed by atoms with Crippen LogP contribution in [-0.4, -0.2) is 30.3 Å². The van der Waals surface area contributed by atoms with Crippen molar-refractivity contribution < 1.29 is 4.79 Å². The second-order valence-corrected chi connectivity index (χ2v) is 7.11. The van der Waals surface area contributed by atoms with Gasteiger partial charge in [-0.15, -0.1) is 0 Å². The fourth-order valence-corrected chi connectivity index (χ4v) is 3.22. The Morgan fingerprint density at radius 1 is 1.10 bits per heavy atom. The van der Waals surface area contributed by atoms with Gasteiger partial charge < -0.3 is 4.90 Å². The van der Waals surface area contributed by atoms with Crippen molar-refractivity contribution in [3.63, 3.8) is 0 Å². The van der Waals surface area contributed by atoms with Crippen LogP contribution in [-0.2, 0) is 0 Å². The highest BCUT2D eigenvalue weighted by molar-refractivity contribution is 5.97.